The highest BCUT2D eigenvalue weighted by Crippen LogP contribution is 2.40. The fraction of sp³-hybridized carbons (Fsp3) is 0.538. The summed E-state index contributed by atoms with van der Waals surface area (Å²) in [5.41, 5.74) is 6.99. The third kappa shape index (κ3) is 1.95. The quantitative estimate of drug-likeness (QED) is 0.728. The molecule has 3 rings (SSSR count). The van der Waals surface area contributed by atoms with Crippen molar-refractivity contribution < 1.29 is 14.6 Å². The molecule has 2 aliphatic heterocycles. The zero-order valence-electron chi connectivity index (χ0n) is 10.5. The number of fused-ring (bicyclic) bond motifs is 1. The maximum absolute atomic E-state index is 10.0. The van der Waals surface area contributed by atoms with Crippen molar-refractivity contribution in [2.24, 2.45) is 0 Å². The van der Waals surface area contributed by atoms with Crippen molar-refractivity contribution in [1.29, 1.82) is 0 Å². The van der Waals surface area contributed by atoms with Crippen molar-refractivity contribution in [3.8, 4) is 11.5 Å². The van der Waals surface area contributed by atoms with Crippen molar-refractivity contribution in [2.45, 2.75) is 18.9 Å². The van der Waals surface area contributed by atoms with E-state index in [-0.39, 0.29) is 0 Å². The zero-order chi connectivity index (χ0) is 12.8. The molecule has 1 saturated heterocycles. The molecule has 1 unspecified atom stereocenters. The van der Waals surface area contributed by atoms with E-state index in [2.05, 4.69) is 4.90 Å². The van der Waals surface area contributed by atoms with Gasteiger partial charge in [-0.15, -0.1) is 0 Å². The molecule has 18 heavy (non-hydrogen) atoms. The third-order valence-corrected chi connectivity index (χ3v) is 3.48. The minimum absolute atomic E-state index is 0.560. The minimum Gasteiger partial charge on any atom is -0.486 e. The Labute approximate surface area is 106 Å². The average Bonchev–Trinajstić information content (AvgIpc) is 2.68. The van der Waals surface area contributed by atoms with Crippen molar-refractivity contribution in [2.75, 3.05) is 36.9 Å². The molecule has 1 aromatic carbocycles. The molecule has 98 valence electrons. The molecule has 5 nitrogen and oxygen atoms in total. The number of ether oxygens (including phenoxy) is 2. The van der Waals surface area contributed by atoms with Gasteiger partial charge in [-0.2, -0.15) is 0 Å². The van der Waals surface area contributed by atoms with Gasteiger partial charge in [-0.25, -0.2) is 0 Å². The summed E-state index contributed by atoms with van der Waals surface area (Å²) in [6, 6.07) is 3.71. The summed E-state index contributed by atoms with van der Waals surface area (Å²) >= 11 is 0. The lowest BCUT2D eigenvalue weighted by atomic mass is 10.1. The molecule has 0 amide bonds. The van der Waals surface area contributed by atoms with Gasteiger partial charge >= 0.3 is 0 Å². The SMILES string of the molecule is CC1(O)CCN(c2cc3c(cc2N)OCCO3)C1. The molecule has 2 aliphatic rings. The summed E-state index contributed by atoms with van der Waals surface area (Å²) < 4.78 is 11.1. The Morgan fingerprint density at radius 3 is 2.56 bits per heavy atom. The molecule has 2 heterocycles. The van der Waals surface area contributed by atoms with Crippen LogP contribution in [-0.2, 0) is 0 Å². The Hall–Kier alpha value is -1.62. The van der Waals surface area contributed by atoms with Crippen molar-refractivity contribution in [3.05, 3.63) is 12.1 Å². The summed E-state index contributed by atoms with van der Waals surface area (Å²) in [5.74, 6) is 1.44. The average molecular weight is 250 g/mol. The highest BCUT2D eigenvalue weighted by Gasteiger charge is 2.32. The summed E-state index contributed by atoms with van der Waals surface area (Å²) in [4.78, 5) is 2.09. The maximum atomic E-state index is 10.0. The molecule has 0 spiro atoms. The highest BCUT2D eigenvalue weighted by atomic mass is 16.6. The van der Waals surface area contributed by atoms with Crippen LogP contribution in [-0.4, -0.2) is 37.0 Å². The van der Waals surface area contributed by atoms with Gasteiger partial charge in [0.2, 0.25) is 0 Å². The molecule has 5 heteroatoms. The first-order valence-electron chi connectivity index (χ1n) is 6.22. The largest absolute Gasteiger partial charge is 0.486 e. The van der Waals surface area contributed by atoms with E-state index in [1.807, 2.05) is 13.0 Å². The number of hydrogen-bond acceptors (Lipinski definition) is 5. The van der Waals surface area contributed by atoms with Crippen LogP contribution in [0.4, 0.5) is 11.4 Å². The van der Waals surface area contributed by atoms with E-state index in [4.69, 9.17) is 15.2 Å². The van der Waals surface area contributed by atoms with Crippen LogP contribution >= 0.6 is 0 Å². The first-order chi connectivity index (χ1) is 8.55. The molecule has 0 radical (unpaired) electrons. The Morgan fingerprint density at radius 2 is 1.94 bits per heavy atom. The van der Waals surface area contributed by atoms with E-state index in [0.717, 1.165) is 24.4 Å². The first-order valence-corrected chi connectivity index (χ1v) is 6.22. The van der Waals surface area contributed by atoms with Gasteiger partial charge in [-0.1, -0.05) is 0 Å². The van der Waals surface area contributed by atoms with Gasteiger partial charge in [0.15, 0.2) is 11.5 Å². The molecule has 0 saturated carbocycles. The Balaban J connectivity index is 1.93. The highest BCUT2D eigenvalue weighted by molar-refractivity contribution is 5.73. The molecule has 0 bridgehead atoms. The van der Waals surface area contributed by atoms with Crippen LogP contribution in [0.3, 0.4) is 0 Å². The second-order valence-electron chi connectivity index (χ2n) is 5.22. The van der Waals surface area contributed by atoms with Crippen LogP contribution in [0.15, 0.2) is 12.1 Å². The molecule has 1 atom stereocenters. The van der Waals surface area contributed by atoms with E-state index in [9.17, 15) is 5.11 Å². The number of benzene rings is 1. The minimum atomic E-state index is -0.639. The normalized spacial score (nSPS) is 26.4. The maximum Gasteiger partial charge on any atom is 0.163 e. The van der Waals surface area contributed by atoms with E-state index in [1.54, 1.807) is 6.07 Å². The number of nitrogens with two attached hydrogens (primary N) is 1. The van der Waals surface area contributed by atoms with E-state index < -0.39 is 5.60 Å². The Morgan fingerprint density at radius 1 is 1.28 bits per heavy atom. The summed E-state index contributed by atoms with van der Waals surface area (Å²) in [6.07, 6.45) is 0.751. The van der Waals surface area contributed by atoms with Crippen LogP contribution in [0.25, 0.3) is 0 Å². The predicted octanol–water partition coefficient (Wildman–Crippen LogP) is 1.00. The Kier molecular flexibility index (Phi) is 2.52. The van der Waals surface area contributed by atoms with Crippen molar-refractivity contribution in [1.82, 2.24) is 0 Å². The van der Waals surface area contributed by atoms with E-state index in [0.29, 0.717) is 31.2 Å². The standard InChI is InChI=1S/C13H18N2O3/c1-13(16)2-3-15(8-13)10-7-12-11(6-9(10)14)17-4-5-18-12/h6-7,16H,2-5,8,14H2,1H3. The molecule has 0 aromatic heterocycles. The lowest BCUT2D eigenvalue weighted by Gasteiger charge is -2.25. The van der Waals surface area contributed by atoms with Crippen LogP contribution in [0.5, 0.6) is 11.5 Å². The fourth-order valence-corrected chi connectivity index (χ4v) is 2.52. The molecule has 0 aliphatic carbocycles. The second-order valence-corrected chi connectivity index (χ2v) is 5.22. The second kappa shape index (κ2) is 3.95. The van der Waals surface area contributed by atoms with Gasteiger partial charge in [0, 0.05) is 25.2 Å². The van der Waals surface area contributed by atoms with Gasteiger partial charge < -0.3 is 25.2 Å². The third-order valence-electron chi connectivity index (χ3n) is 3.48. The van der Waals surface area contributed by atoms with Crippen LogP contribution < -0.4 is 20.1 Å². The zero-order valence-corrected chi connectivity index (χ0v) is 10.5. The van der Waals surface area contributed by atoms with Gasteiger partial charge in [-0.05, 0) is 13.3 Å². The first kappa shape index (κ1) is 11.5. The van der Waals surface area contributed by atoms with E-state index in [1.165, 1.54) is 0 Å². The number of aliphatic hydroxyl groups is 1. The molecule has 3 N–H and O–H groups in total. The van der Waals surface area contributed by atoms with Crippen molar-refractivity contribution >= 4 is 11.4 Å². The smallest absolute Gasteiger partial charge is 0.163 e. The number of anilines is 2. The van der Waals surface area contributed by atoms with Crippen LogP contribution in [0.2, 0.25) is 0 Å². The van der Waals surface area contributed by atoms with E-state index >= 15 is 0 Å². The number of rotatable bonds is 1. The van der Waals surface area contributed by atoms with Gasteiger partial charge in [0.1, 0.15) is 13.2 Å². The number of nitrogen functional groups attached to an aromatic ring is 1. The summed E-state index contributed by atoms with van der Waals surface area (Å²) in [6.45, 7) is 4.37. The topological polar surface area (TPSA) is 68.0 Å². The molecular weight excluding hydrogens is 232 g/mol. The lowest BCUT2D eigenvalue weighted by Crippen LogP contribution is -2.30. The Bertz CT molecular complexity index is 474. The fourth-order valence-electron chi connectivity index (χ4n) is 2.52. The summed E-state index contributed by atoms with van der Waals surface area (Å²) in [5, 5.41) is 10.0. The van der Waals surface area contributed by atoms with Gasteiger partial charge in [-0.3, -0.25) is 0 Å². The number of hydrogen-bond donors (Lipinski definition) is 2. The monoisotopic (exact) mass is 250 g/mol. The molecule has 1 aromatic rings. The van der Waals surface area contributed by atoms with Crippen LogP contribution in [0.1, 0.15) is 13.3 Å². The number of nitrogens with zero attached hydrogens (tertiary/aromatic N) is 1. The van der Waals surface area contributed by atoms with Gasteiger partial charge in [0.05, 0.1) is 17.0 Å². The molecule has 1 fully saturated rings. The van der Waals surface area contributed by atoms with Crippen molar-refractivity contribution in [3.63, 3.8) is 0 Å². The predicted molar refractivity (Wildman–Crippen MR) is 69.3 cm³/mol. The lowest BCUT2D eigenvalue weighted by molar-refractivity contribution is 0.0839. The summed E-state index contributed by atoms with van der Waals surface area (Å²) in [7, 11) is 0. The molecular formula is C13H18N2O3. The van der Waals surface area contributed by atoms with Crippen LogP contribution in [0, 0.1) is 0 Å². The van der Waals surface area contributed by atoms with Gasteiger partial charge in [0.25, 0.3) is 0 Å². The number of β-amino-alcohol motifs (C(OH)–C–C–N with tert-alkyl or cyclic N) is 1.